The molecule has 1 aliphatic carbocycles. The van der Waals surface area contributed by atoms with E-state index >= 15 is 0 Å². The van der Waals surface area contributed by atoms with E-state index in [4.69, 9.17) is 5.73 Å². The molecule has 1 aromatic heterocycles. The zero-order chi connectivity index (χ0) is 14.0. The summed E-state index contributed by atoms with van der Waals surface area (Å²) in [6.45, 7) is 4.64. The van der Waals surface area contributed by atoms with E-state index in [2.05, 4.69) is 16.7 Å². The van der Waals surface area contributed by atoms with E-state index in [1.165, 1.54) is 17.3 Å². The molecule has 6 nitrogen and oxygen atoms in total. The minimum absolute atomic E-state index is 0.0122. The number of sulfonamides is 1. The second-order valence-corrected chi connectivity index (χ2v) is 7.01. The summed E-state index contributed by atoms with van der Waals surface area (Å²) in [7, 11) is -3.56. The van der Waals surface area contributed by atoms with Gasteiger partial charge in [-0.15, -0.1) is 0 Å². The van der Waals surface area contributed by atoms with Crippen LogP contribution < -0.4 is 10.5 Å². The monoisotopic (exact) mass is 286 g/mol. The van der Waals surface area contributed by atoms with Crippen LogP contribution in [0, 0.1) is 5.92 Å². The van der Waals surface area contributed by atoms with Crippen LogP contribution in [0.5, 0.6) is 0 Å². The molecular formula is C12H22N4O2S. The van der Waals surface area contributed by atoms with E-state index in [0.717, 1.165) is 19.3 Å². The predicted molar refractivity (Wildman–Crippen MR) is 74.1 cm³/mol. The number of nitrogens with two attached hydrogens (primary N) is 1. The third kappa shape index (κ3) is 3.27. The second-order valence-electron chi connectivity index (χ2n) is 5.32. The SMILES string of the molecule is CCn1cc(S(=O)(=O)NC2CCCC(C)C2)c(N)n1. The van der Waals surface area contributed by atoms with Crippen molar-refractivity contribution in [2.45, 2.75) is 57.0 Å². The third-order valence-corrected chi connectivity index (χ3v) is 5.16. The molecule has 108 valence electrons. The van der Waals surface area contributed by atoms with Crippen LogP contribution >= 0.6 is 0 Å². The fourth-order valence-electron chi connectivity index (χ4n) is 2.61. The van der Waals surface area contributed by atoms with Gasteiger partial charge < -0.3 is 5.73 Å². The lowest BCUT2D eigenvalue weighted by Crippen LogP contribution is -2.38. The van der Waals surface area contributed by atoms with E-state index in [1.807, 2.05) is 6.92 Å². The molecule has 1 fully saturated rings. The van der Waals surface area contributed by atoms with Crippen molar-refractivity contribution in [2.24, 2.45) is 5.92 Å². The van der Waals surface area contributed by atoms with Gasteiger partial charge in [0.15, 0.2) is 5.82 Å². The maximum Gasteiger partial charge on any atom is 0.246 e. The van der Waals surface area contributed by atoms with Gasteiger partial charge >= 0.3 is 0 Å². The van der Waals surface area contributed by atoms with Crippen LogP contribution in [-0.4, -0.2) is 24.2 Å². The molecule has 1 saturated carbocycles. The van der Waals surface area contributed by atoms with Crippen molar-refractivity contribution < 1.29 is 8.42 Å². The van der Waals surface area contributed by atoms with E-state index in [1.54, 1.807) is 0 Å². The van der Waals surface area contributed by atoms with Crippen LogP contribution in [0.15, 0.2) is 11.1 Å². The molecule has 2 atom stereocenters. The molecule has 0 amide bonds. The lowest BCUT2D eigenvalue weighted by molar-refractivity contribution is 0.327. The molecule has 2 rings (SSSR count). The van der Waals surface area contributed by atoms with Gasteiger partial charge in [-0.1, -0.05) is 19.8 Å². The molecule has 0 spiro atoms. The fourth-order valence-corrected chi connectivity index (χ4v) is 3.97. The van der Waals surface area contributed by atoms with Crippen LogP contribution in [0.25, 0.3) is 0 Å². The smallest absolute Gasteiger partial charge is 0.246 e. The summed E-state index contributed by atoms with van der Waals surface area (Å²) in [5, 5.41) is 3.98. The summed E-state index contributed by atoms with van der Waals surface area (Å²) >= 11 is 0. The number of anilines is 1. The number of hydrogen-bond acceptors (Lipinski definition) is 4. The molecule has 0 aliphatic heterocycles. The average molecular weight is 286 g/mol. The summed E-state index contributed by atoms with van der Waals surface area (Å²) in [6, 6.07) is 0.0122. The molecule has 1 aromatic rings. The molecule has 1 heterocycles. The van der Waals surface area contributed by atoms with Crippen LogP contribution in [-0.2, 0) is 16.6 Å². The number of hydrogen-bond donors (Lipinski definition) is 2. The standard InChI is InChI=1S/C12H22N4O2S/c1-3-16-8-11(12(13)14-16)19(17,18)15-10-6-4-5-9(2)7-10/h8-10,15H,3-7H2,1-2H3,(H2,13,14). The zero-order valence-corrected chi connectivity index (χ0v) is 12.3. The number of nitrogens with one attached hydrogen (secondary N) is 1. The van der Waals surface area contributed by atoms with Crippen molar-refractivity contribution in [3.8, 4) is 0 Å². The minimum atomic E-state index is -3.56. The quantitative estimate of drug-likeness (QED) is 0.874. The maximum absolute atomic E-state index is 12.3. The Hall–Kier alpha value is -1.08. The number of nitrogen functional groups attached to an aromatic ring is 1. The lowest BCUT2D eigenvalue weighted by atomic mass is 9.88. The Morgan fingerprint density at radius 3 is 2.84 bits per heavy atom. The summed E-state index contributed by atoms with van der Waals surface area (Å²) in [5.74, 6) is 0.635. The first-order chi connectivity index (χ1) is 8.92. The van der Waals surface area contributed by atoms with Crippen LogP contribution in [0.4, 0.5) is 5.82 Å². The Kier molecular flexibility index (Phi) is 4.15. The highest BCUT2D eigenvalue weighted by molar-refractivity contribution is 7.89. The number of nitrogens with zero attached hydrogens (tertiary/aromatic N) is 2. The molecule has 19 heavy (non-hydrogen) atoms. The highest BCUT2D eigenvalue weighted by Crippen LogP contribution is 2.25. The van der Waals surface area contributed by atoms with Gasteiger partial charge in [0.1, 0.15) is 4.90 Å². The Morgan fingerprint density at radius 1 is 1.53 bits per heavy atom. The molecule has 0 radical (unpaired) electrons. The lowest BCUT2D eigenvalue weighted by Gasteiger charge is -2.27. The highest BCUT2D eigenvalue weighted by atomic mass is 32.2. The van der Waals surface area contributed by atoms with E-state index in [9.17, 15) is 8.42 Å². The fraction of sp³-hybridized carbons (Fsp3) is 0.750. The van der Waals surface area contributed by atoms with Crippen LogP contribution in [0.2, 0.25) is 0 Å². The van der Waals surface area contributed by atoms with Gasteiger partial charge in [0.25, 0.3) is 0 Å². The maximum atomic E-state index is 12.3. The van der Waals surface area contributed by atoms with Gasteiger partial charge in [0, 0.05) is 18.8 Å². The summed E-state index contributed by atoms with van der Waals surface area (Å²) in [6.07, 6.45) is 5.52. The second kappa shape index (κ2) is 5.50. The molecular weight excluding hydrogens is 264 g/mol. The first-order valence-electron chi connectivity index (χ1n) is 6.77. The molecule has 2 unspecified atom stereocenters. The Balaban J connectivity index is 2.15. The van der Waals surface area contributed by atoms with Gasteiger partial charge in [-0.25, -0.2) is 13.1 Å². The average Bonchev–Trinajstić information content (AvgIpc) is 2.71. The first kappa shape index (κ1) is 14.3. The molecule has 0 bridgehead atoms. The topological polar surface area (TPSA) is 90.0 Å². The van der Waals surface area contributed by atoms with Crippen molar-refractivity contribution in [1.82, 2.24) is 14.5 Å². The number of aryl methyl sites for hydroxylation is 1. The molecule has 0 aromatic carbocycles. The van der Waals surface area contributed by atoms with Crippen molar-refractivity contribution in [3.63, 3.8) is 0 Å². The zero-order valence-electron chi connectivity index (χ0n) is 11.5. The molecule has 3 N–H and O–H groups in total. The van der Waals surface area contributed by atoms with Crippen molar-refractivity contribution >= 4 is 15.8 Å². The van der Waals surface area contributed by atoms with Gasteiger partial charge in [-0.3, -0.25) is 4.68 Å². The van der Waals surface area contributed by atoms with Gasteiger partial charge in [-0.2, -0.15) is 5.10 Å². The van der Waals surface area contributed by atoms with Gasteiger partial charge in [-0.05, 0) is 25.7 Å². The van der Waals surface area contributed by atoms with Crippen molar-refractivity contribution in [1.29, 1.82) is 0 Å². The Bertz CT molecular complexity index is 538. The van der Waals surface area contributed by atoms with Gasteiger partial charge in [0.2, 0.25) is 10.0 Å². The molecule has 0 saturated heterocycles. The highest BCUT2D eigenvalue weighted by Gasteiger charge is 2.27. The van der Waals surface area contributed by atoms with E-state index < -0.39 is 10.0 Å². The first-order valence-corrected chi connectivity index (χ1v) is 8.26. The summed E-state index contributed by atoms with van der Waals surface area (Å²) in [5.41, 5.74) is 5.68. The van der Waals surface area contributed by atoms with Crippen LogP contribution in [0.3, 0.4) is 0 Å². The summed E-state index contributed by atoms with van der Waals surface area (Å²) in [4.78, 5) is 0.0903. The predicted octanol–water partition coefficient (Wildman–Crippen LogP) is 1.34. The molecule has 7 heteroatoms. The van der Waals surface area contributed by atoms with Crippen LogP contribution in [0.1, 0.15) is 39.5 Å². The van der Waals surface area contributed by atoms with Crippen molar-refractivity contribution in [3.05, 3.63) is 6.20 Å². The van der Waals surface area contributed by atoms with Crippen molar-refractivity contribution in [2.75, 3.05) is 5.73 Å². The number of rotatable bonds is 4. The normalized spacial score (nSPS) is 24.5. The number of aromatic nitrogens is 2. The van der Waals surface area contributed by atoms with Gasteiger partial charge in [0.05, 0.1) is 0 Å². The minimum Gasteiger partial charge on any atom is -0.381 e. The summed E-state index contributed by atoms with van der Waals surface area (Å²) < 4.78 is 28.9. The largest absolute Gasteiger partial charge is 0.381 e. The Labute approximate surface area is 114 Å². The van der Waals surface area contributed by atoms with E-state index in [0.29, 0.717) is 12.5 Å². The third-order valence-electron chi connectivity index (χ3n) is 3.63. The molecule has 1 aliphatic rings. The Morgan fingerprint density at radius 2 is 2.26 bits per heavy atom. The van der Waals surface area contributed by atoms with E-state index in [-0.39, 0.29) is 16.8 Å².